The van der Waals surface area contributed by atoms with Crippen molar-refractivity contribution in [3.8, 4) is 0 Å². The summed E-state index contributed by atoms with van der Waals surface area (Å²) in [7, 11) is 2.26. The largest absolute Gasteiger partial charge is 0.310 e. The fourth-order valence-corrected chi connectivity index (χ4v) is 2.70. The zero-order valence-electron chi connectivity index (χ0n) is 7.71. The minimum Gasteiger partial charge on any atom is -0.310 e. The second-order valence-corrected chi connectivity index (χ2v) is 4.43. The van der Waals surface area contributed by atoms with Crippen LogP contribution in [0.2, 0.25) is 0 Å². The van der Waals surface area contributed by atoms with Gasteiger partial charge in [-0.05, 0) is 14.0 Å². The first-order valence-electron chi connectivity index (χ1n) is 4.77. The topological polar surface area (TPSA) is 3.24 Å². The van der Waals surface area contributed by atoms with Gasteiger partial charge in [0.15, 0.2) is 0 Å². The van der Waals surface area contributed by atoms with Crippen LogP contribution in [0.5, 0.6) is 0 Å². The molecular weight excluding hydrogens is 136 g/mol. The monoisotopic (exact) mass is 155 g/mol. The van der Waals surface area contributed by atoms with Gasteiger partial charge in [-0.15, -0.1) is 0 Å². The van der Waals surface area contributed by atoms with E-state index >= 15 is 0 Å². The van der Waals surface area contributed by atoms with E-state index in [2.05, 4.69) is 18.9 Å². The molecule has 0 amide bonds. The SMILES string of the molecule is CC1C[N+]2(CCCC2)CN1C. The molecule has 0 aliphatic carbocycles. The summed E-state index contributed by atoms with van der Waals surface area (Å²) in [6, 6.07) is 0.813. The molecule has 0 aromatic carbocycles. The lowest BCUT2D eigenvalue weighted by Gasteiger charge is -2.27. The third kappa shape index (κ3) is 1.18. The van der Waals surface area contributed by atoms with E-state index in [-0.39, 0.29) is 0 Å². The van der Waals surface area contributed by atoms with Crippen LogP contribution >= 0.6 is 0 Å². The van der Waals surface area contributed by atoms with E-state index in [9.17, 15) is 0 Å². The van der Waals surface area contributed by atoms with Crippen molar-refractivity contribution in [3.05, 3.63) is 0 Å². The molecule has 1 unspecified atom stereocenters. The molecule has 64 valence electrons. The predicted octanol–water partition coefficient (Wildman–Crippen LogP) is 0.888. The molecule has 0 saturated carbocycles. The molecule has 2 saturated heterocycles. The quantitative estimate of drug-likeness (QED) is 0.470. The van der Waals surface area contributed by atoms with Gasteiger partial charge in [0.2, 0.25) is 0 Å². The maximum atomic E-state index is 2.51. The van der Waals surface area contributed by atoms with Gasteiger partial charge in [-0.1, -0.05) is 0 Å². The van der Waals surface area contributed by atoms with E-state index in [1.54, 1.807) is 0 Å². The predicted molar refractivity (Wildman–Crippen MR) is 46.2 cm³/mol. The Balaban J connectivity index is 2.06. The molecule has 0 bridgehead atoms. The van der Waals surface area contributed by atoms with Gasteiger partial charge in [-0.2, -0.15) is 0 Å². The lowest BCUT2D eigenvalue weighted by atomic mass is 10.3. The lowest BCUT2D eigenvalue weighted by Crippen LogP contribution is -2.43. The molecule has 2 nitrogen and oxygen atoms in total. The maximum Gasteiger partial charge on any atom is 0.135 e. The second kappa shape index (κ2) is 2.46. The number of quaternary nitrogens is 1. The molecule has 1 atom stereocenters. The van der Waals surface area contributed by atoms with Crippen LogP contribution in [0.3, 0.4) is 0 Å². The number of hydrogen-bond donors (Lipinski definition) is 0. The summed E-state index contributed by atoms with van der Waals surface area (Å²) in [6.45, 7) is 7.94. The first-order chi connectivity index (χ1) is 5.22. The van der Waals surface area contributed by atoms with E-state index < -0.39 is 0 Å². The van der Waals surface area contributed by atoms with Crippen LogP contribution in [0.15, 0.2) is 0 Å². The van der Waals surface area contributed by atoms with Crippen molar-refractivity contribution in [2.75, 3.05) is 33.4 Å². The Morgan fingerprint density at radius 1 is 1.27 bits per heavy atom. The van der Waals surface area contributed by atoms with Crippen molar-refractivity contribution < 1.29 is 4.48 Å². The molecule has 2 heteroatoms. The van der Waals surface area contributed by atoms with Crippen LogP contribution in [0.25, 0.3) is 0 Å². The molecular formula is C9H19N2+. The highest BCUT2D eigenvalue weighted by molar-refractivity contribution is 4.70. The van der Waals surface area contributed by atoms with Gasteiger partial charge in [0, 0.05) is 12.8 Å². The third-order valence-electron chi connectivity index (χ3n) is 3.44. The molecule has 0 aromatic heterocycles. The normalized spacial score (nSPS) is 37.1. The zero-order chi connectivity index (χ0) is 7.90. The van der Waals surface area contributed by atoms with E-state index in [0.717, 1.165) is 6.04 Å². The van der Waals surface area contributed by atoms with Gasteiger partial charge in [0.05, 0.1) is 25.7 Å². The van der Waals surface area contributed by atoms with Crippen LogP contribution in [0.4, 0.5) is 0 Å². The molecule has 2 heterocycles. The highest BCUT2D eigenvalue weighted by Gasteiger charge is 2.41. The fraction of sp³-hybridized carbons (Fsp3) is 1.00. The van der Waals surface area contributed by atoms with Crippen molar-refractivity contribution in [3.63, 3.8) is 0 Å². The Morgan fingerprint density at radius 2 is 1.91 bits per heavy atom. The minimum atomic E-state index is 0.813. The summed E-state index contributed by atoms with van der Waals surface area (Å²) < 4.78 is 1.40. The zero-order valence-corrected chi connectivity index (χ0v) is 7.71. The van der Waals surface area contributed by atoms with Crippen LogP contribution in [-0.2, 0) is 0 Å². The summed E-state index contributed by atoms with van der Waals surface area (Å²) in [5, 5.41) is 0. The van der Waals surface area contributed by atoms with Crippen molar-refractivity contribution >= 4 is 0 Å². The van der Waals surface area contributed by atoms with E-state index in [4.69, 9.17) is 0 Å². The van der Waals surface area contributed by atoms with Crippen LogP contribution in [0.1, 0.15) is 19.8 Å². The first-order valence-corrected chi connectivity index (χ1v) is 4.77. The van der Waals surface area contributed by atoms with Gasteiger partial charge >= 0.3 is 0 Å². The summed E-state index contributed by atoms with van der Waals surface area (Å²) in [5.41, 5.74) is 0. The molecule has 2 rings (SSSR count). The standard InChI is InChI=1S/C9H19N2/c1-9-7-11(8-10(9)2)5-3-4-6-11/h9H,3-8H2,1-2H3/q+1. The molecule has 0 aromatic rings. The number of nitrogens with zero attached hydrogens (tertiary/aromatic N) is 2. The molecule has 0 N–H and O–H groups in total. The van der Waals surface area contributed by atoms with Gasteiger partial charge < -0.3 is 4.48 Å². The Hall–Kier alpha value is -0.0800. The fourth-order valence-electron chi connectivity index (χ4n) is 2.70. The van der Waals surface area contributed by atoms with Crippen LogP contribution in [-0.4, -0.2) is 48.8 Å². The number of likely N-dealkylation sites (N-methyl/N-ethyl adjacent to an activating group) is 1. The number of rotatable bonds is 0. The Bertz CT molecular complexity index is 138. The highest BCUT2D eigenvalue weighted by atomic mass is 15.5. The Labute approximate surface area is 69.4 Å². The van der Waals surface area contributed by atoms with Gasteiger partial charge in [-0.3, -0.25) is 4.90 Å². The minimum absolute atomic E-state index is 0.813. The maximum absolute atomic E-state index is 2.51. The van der Waals surface area contributed by atoms with Crippen LogP contribution < -0.4 is 0 Å². The Morgan fingerprint density at radius 3 is 2.36 bits per heavy atom. The third-order valence-corrected chi connectivity index (χ3v) is 3.44. The second-order valence-electron chi connectivity index (χ2n) is 4.43. The van der Waals surface area contributed by atoms with E-state index in [0.29, 0.717) is 0 Å². The Kier molecular flexibility index (Phi) is 1.69. The van der Waals surface area contributed by atoms with Gasteiger partial charge in [-0.25, -0.2) is 0 Å². The molecule has 0 radical (unpaired) electrons. The van der Waals surface area contributed by atoms with Crippen molar-refractivity contribution in [1.29, 1.82) is 0 Å². The summed E-state index contributed by atoms with van der Waals surface area (Å²) in [5.74, 6) is 0. The van der Waals surface area contributed by atoms with Gasteiger partial charge in [0.1, 0.15) is 6.67 Å². The average molecular weight is 155 g/mol. The molecule has 2 fully saturated rings. The van der Waals surface area contributed by atoms with Gasteiger partial charge in [0.25, 0.3) is 0 Å². The van der Waals surface area contributed by atoms with E-state index in [1.165, 1.54) is 43.6 Å². The highest BCUT2D eigenvalue weighted by Crippen LogP contribution is 2.26. The van der Waals surface area contributed by atoms with Crippen molar-refractivity contribution in [2.24, 2.45) is 0 Å². The van der Waals surface area contributed by atoms with Crippen LogP contribution in [0, 0.1) is 0 Å². The molecule has 2 aliphatic heterocycles. The summed E-state index contributed by atoms with van der Waals surface area (Å²) in [4.78, 5) is 2.51. The smallest absolute Gasteiger partial charge is 0.135 e. The van der Waals surface area contributed by atoms with E-state index in [1.807, 2.05) is 0 Å². The molecule has 2 aliphatic rings. The first kappa shape index (κ1) is 7.56. The molecule has 11 heavy (non-hydrogen) atoms. The van der Waals surface area contributed by atoms with Crippen molar-refractivity contribution in [2.45, 2.75) is 25.8 Å². The average Bonchev–Trinajstić information content (AvgIpc) is 2.46. The summed E-state index contributed by atoms with van der Waals surface area (Å²) >= 11 is 0. The molecule has 1 spiro atoms. The lowest BCUT2D eigenvalue weighted by molar-refractivity contribution is -0.909. The number of hydrogen-bond acceptors (Lipinski definition) is 1. The van der Waals surface area contributed by atoms with Crippen molar-refractivity contribution in [1.82, 2.24) is 4.90 Å². The summed E-state index contributed by atoms with van der Waals surface area (Å²) in [6.07, 6.45) is 2.92.